The molecule has 0 saturated carbocycles. The molecular formula is C36H76Mg2O4. The number of carboxylic acids is 2. The fourth-order valence-corrected chi connectivity index (χ4v) is 5.30. The normalized spacial score (nSPS) is 10.3. The van der Waals surface area contributed by atoms with Crippen molar-refractivity contribution in [1.29, 1.82) is 0 Å². The lowest BCUT2D eigenvalue weighted by atomic mass is 10.0. The minimum Gasteiger partial charge on any atom is -0.481 e. The molecule has 0 rings (SSSR count). The molecule has 0 atom stereocenters. The minimum atomic E-state index is -0.653. The van der Waals surface area contributed by atoms with Gasteiger partial charge in [-0.2, -0.15) is 0 Å². The van der Waals surface area contributed by atoms with Crippen molar-refractivity contribution < 1.29 is 19.8 Å². The van der Waals surface area contributed by atoms with Crippen LogP contribution in [0, 0.1) is 0 Å². The maximum Gasteiger partial charge on any atom is 0.316 e. The Kier molecular flexibility index (Phi) is 53.9. The van der Waals surface area contributed by atoms with E-state index in [4.69, 9.17) is 10.2 Å². The van der Waals surface area contributed by atoms with Crippen LogP contribution in [-0.2, 0) is 9.59 Å². The van der Waals surface area contributed by atoms with Gasteiger partial charge < -0.3 is 10.2 Å². The second-order valence-corrected chi connectivity index (χ2v) is 12.2. The lowest BCUT2D eigenvalue weighted by Crippen LogP contribution is -1.93. The van der Waals surface area contributed by atoms with Crippen LogP contribution >= 0.6 is 0 Å². The van der Waals surface area contributed by atoms with E-state index in [9.17, 15) is 9.59 Å². The Bertz CT molecular complexity index is 459. The highest BCUT2D eigenvalue weighted by Gasteiger charge is 1.98. The quantitative estimate of drug-likeness (QED) is 0.0579. The molecular weight excluding hydrogens is 545 g/mol. The van der Waals surface area contributed by atoms with Crippen LogP contribution in [0.5, 0.6) is 0 Å². The second-order valence-electron chi connectivity index (χ2n) is 12.2. The van der Waals surface area contributed by atoms with E-state index < -0.39 is 11.9 Å². The van der Waals surface area contributed by atoms with Crippen molar-refractivity contribution in [2.75, 3.05) is 0 Å². The highest BCUT2D eigenvalue weighted by molar-refractivity contribution is 5.76. The number of carbonyl (C=O) groups is 2. The lowest BCUT2D eigenvalue weighted by Gasteiger charge is -2.03. The summed E-state index contributed by atoms with van der Waals surface area (Å²) in [6.45, 7) is 4.54. The molecule has 0 aromatic rings. The van der Waals surface area contributed by atoms with Crippen LogP contribution in [0.25, 0.3) is 0 Å². The summed E-state index contributed by atoms with van der Waals surface area (Å²) in [5, 5.41) is 17.0. The molecule has 0 radical (unpaired) electrons. The Labute approximate surface area is 295 Å². The minimum absolute atomic E-state index is 0. The molecule has 0 aliphatic carbocycles. The highest BCUT2D eigenvalue weighted by atomic mass is 24.3. The van der Waals surface area contributed by atoms with Gasteiger partial charge >= 0.3 is 58.0 Å². The topological polar surface area (TPSA) is 74.6 Å². The molecule has 6 heteroatoms. The monoisotopic (exact) mass is 621 g/mol. The van der Waals surface area contributed by atoms with Crippen molar-refractivity contribution in [3.63, 3.8) is 0 Å². The van der Waals surface area contributed by atoms with Gasteiger partial charge in [0.25, 0.3) is 0 Å². The summed E-state index contributed by atoms with van der Waals surface area (Å²) >= 11 is 0. The van der Waals surface area contributed by atoms with Gasteiger partial charge in [0.1, 0.15) is 0 Å². The van der Waals surface area contributed by atoms with E-state index in [0.29, 0.717) is 12.8 Å². The fraction of sp³-hybridized carbons (Fsp3) is 0.944. The Morgan fingerprint density at radius 1 is 0.310 bits per heavy atom. The van der Waals surface area contributed by atoms with E-state index >= 15 is 0 Å². The first-order valence-electron chi connectivity index (χ1n) is 18.0. The zero-order valence-electron chi connectivity index (χ0n) is 27.3. The standard InChI is InChI=1S/2C18H36O2.2Mg.4H/c2*1-2-3-4-5-6-7-8-9-10-11-12-13-14-15-16-17-18(19)20;;;;;;/h2*2-17H2,1H3,(H,19,20);;;;;;. The first-order chi connectivity index (χ1) is 19.5. The number of carboxylic acid groups (broad SMARTS) is 2. The van der Waals surface area contributed by atoms with Crippen LogP contribution in [0.4, 0.5) is 0 Å². The Hall–Kier alpha value is 0.472. The highest BCUT2D eigenvalue weighted by Crippen LogP contribution is 2.15. The molecule has 0 bridgehead atoms. The van der Waals surface area contributed by atoms with Crippen molar-refractivity contribution >= 4 is 58.0 Å². The molecule has 0 aromatic carbocycles. The first-order valence-corrected chi connectivity index (χ1v) is 18.0. The Balaban J connectivity index is -0.000000328. The summed E-state index contributed by atoms with van der Waals surface area (Å²) < 4.78 is 0. The predicted octanol–water partition coefficient (Wildman–Crippen LogP) is 10.8. The Morgan fingerprint density at radius 2 is 0.452 bits per heavy atom. The van der Waals surface area contributed by atoms with E-state index in [1.54, 1.807) is 0 Å². The first kappa shape index (κ1) is 49.4. The second kappa shape index (κ2) is 45.9. The van der Waals surface area contributed by atoms with E-state index in [1.807, 2.05) is 0 Å². The van der Waals surface area contributed by atoms with Gasteiger partial charge in [-0.15, -0.1) is 0 Å². The number of aliphatic carboxylic acids is 2. The Morgan fingerprint density at radius 3 is 0.595 bits per heavy atom. The molecule has 4 nitrogen and oxygen atoms in total. The summed E-state index contributed by atoms with van der Waals surface area (Å²) in [5.41, 5.74) is 0. The molecule has 42 heavy (non-hydrogen) atoms. The summed E-state index contributed by atoms with van der Waals surface area (Å²) in [6, 6.07) is 0. The average Bonchev–Trinajstić information content (AvgIpc) is 2.93. The van der Waals surface area contributed by atoms with Crippen LogP contribution in [0.3, 0.4) is 0 Å². The summed E-state index contributed by atoms with van der Waals surface area (Å²) in [6.07, 6.45) is 40.4. The van der Waals surface area contributed by atoms with Gasteiger partial charge in [-0.25, -0.2) is 0 Å². The molecule has 0 saturated heterocycles. The van der Waals surface area contributed by atoms with Gasteiger partial charge in [-0.3, -0.25) is 9.59 Å². The zero-order chi connectivity index (χ0) is 29.8. The van der Waals surface area contributed by atoms with E-state index in [1.165, 1.54) is 167 Å². The number of hydrogen-bond donors (Lipinski definition) is 2. The van der Waals surface area contributed by atoms with Gasteiger partial charge in [0.2, 0.25) is 0 Å². The smallest absolute Gasteiger partial charge is 0.316 e. The van der Waals surface area contributed by atoms with Crippen molar-refractivity contribution in [1.82, 2.24) is 0 Å². The molecule has 0 spiro atoms. The van der Waals surface area contributed by atoms with Crippen molar-refractivity contribution in [2.24, 2.45) is 0 Å². The SMILES string of the molecule is CCCCCCCCCCCCCCCCCC(=O)O.CCCCCCCCCCCCCCCCCC(=O)O.[MgH2].[MgH2]. The van der Waals surface area contributed by atoms with E-state index in [0.717, 1.165) is 25.7 Å². The molecule has 0 aliphatic heterocycles. The summed E-state index contributed by atoms with van der Waals surface area (Å²) in [4.78, 5) is 20.7. The number of hydrogen-bond acceptors (Lipinski definition) is 2. The van der Waals surface area contributed by atoms with Crippen LogP contribution in [0.1, 0.15) is 219 Å². The van der Waals surface area contributed by atoms with Crippen LogP contribution in [0.2, 0.25) is 0 Å². The summed E-state index contributed by atoms with van der Waals surface area (Å²) in [7, 11) is 0. The van der Waals surface area contributed by atoms with Gasteiger partial charge in [0, 0.05) is 12.8 Å². The number of unbranched alkanes of at least 4 members (excludes halogenated alkanes) is 28. The zero-order valence-corrected chi connectivity index (χ0v) is 27.3. The van der Waals surface area contributed by atoms with Crippen molar-refractivity contribution in [3.8, 4) is 0 Å². The maximum absolute atomic E-state index is 10.3. The fourth-order valence-electron chi connectivity index (χ4n) is 5.30. The third-order valence-electron chi connectivity index (χ3n) is 7.99. The van der Waals surface area contributed by atoms with Gasteiger partial charge in [-0.1, -0.05) is 194 Å². The molecule has 0 amide bonds. The van der Waals surface area contributed by atoms with E-state index in [-0.39, 0.29) is 46.1 Å². The molecule has 2 N–H and O–H groups in total. The van der Waals surface area contributed by atoms with E-state index in [2.05, 4.69) is 13.8 Å². The van der Waals surface area contributed by atoms with Crippen molar-refractivity contribution in [2.45, 2.75) is 219 Å². The molecule has 0 fully saturated rings. The molecule has 0 aromatic heterocycles. The predicted molar refractivity (Wildman–Crippen MR) is 191 cm³/mol. The third-order valence-corrected chi connectivity index (χ3v) is 7.99. The number of rotatable bonds is 32. The van der Waals surface area contributed by atoms with Crippen LogP contribution in [0.15, 0.2) is 0 Å². The third kappa shape index (κ3) is 53.1. The van der Waals surface area contributed by atoms with Gasteiger partial charge in [0.15, 0.2) is 0 Å². The lowest BCUT2D eigenvalue weighted by molar-refractivity contribution is -0.138. The molecule has 248 valence electrons. The average molecular weight is 622 g/mol. The molecule has 0 aliphatic rings. The van der Waals surface area contributed by atoms with Crippen molar-refractivity contribution in [3.05, 3.63) is 0 Å². The van der Waals surface area contributed by atoms with Gasteiger partial charge in [0.05, 0.1) is 0 Å². The molecule has 0 heterocycles. The largest absolute Gasteiger partial charge is 0.481 e. The molecule has 0 unspecified atom stereocenters. The summed E-state index contributed by atoms with van der Waals surface area (Å²) in [5.74, 6) is -1.31. The van der Waals surface area contributed by atoms with Gasteiger partial charge in [-0.05, 0) is 12.8 Å². The maximum atomic E-state index is 10.3. The van der Waals surface area contributed by atoms with Crippen LogP contribution < -0.4 is 0 Å². The van der Waals surface area contributed by atoms with Crippen LogP contribution in [-0.4, -0.2) is 68.3 Å².